The Kier molecular flexibility index (Phi) is 1.16. The van der Waals surface area contributed by atoms with Crippen LogP contribution in [0.25, 0.3) is 0 Å². The van der Waals surface area contributed by atoms with E-state index >= 15 is 0 Å². The van der Waals surface area contributed by atoms with Gasteiger partial charge in [0.15, 0.2) is 0 Å². The van der Waals surface area contributed by atoms with Gasteiger partial charge in [-0.05, 0) is 56.4 Å². The number of nitrogens with one attached hydrogen (secondary N) is 1. The molecule has 1 nitrogen and oxygen atoms in total. The van der Waals surface area contributed by atoms with Crippen LogP contribution in [0.4, 0.5) is 0 Å². The molecule has 1 heteroatoms. The van der Waals surface area contributed by atoms with Gasteiger partial charge in [0.05, 0.1) is 0 Å². The van der Waals surface area contributed by atoms with Crippen molar-refractivity contribution in [3.8, 4) is 0 Å². The maximum atomic E-state index is 3.59. The second-order valence-corrected chi connectivity index (χ2v) is 5.69. The first kappa shape index (κ1) is 7.37. The third-order valence-electron chi connectivity index (χ3n) is 4.71. The van der Waals surface area contributed by atoms with Crippen LogP contribution in [-0.2, 0) is 0 Å². The van der Waals surface area contributed by atoms with Crippen molar-refractivity contribution in [2.75, 3.05) is 7.05 Å². The first-order valence-electron chi connectivity index (χ1n) is 5.37. The van der Waals surface area contributed by atoms with Gasteiger partial charge in [-0.1, -0.05) is 6.92 Å². The van der Waals surface area contributed by atoms with Gasteiger partial charge in [-0.3, -0.25) is 0 Å². The number of fused-ring (bicyclic) bond motifs is 1. The van der Waals surface area contributed by atoms with E-state index in [2.05, 4.69) is 19.3 Å². The fourth-order valence-electron chi connectivity index (χ4n) is 4.36. The molecule has 0 aromatic heterocycles. The molecule has 68 valence electrons. The third-order valence-corrected chi connectivity index (χ3v) is 4.71. The van der Waals surface area contributed by atoms with Crippen LogP contribution < -0.4 is 5.32 Å². The highest BCUT2D eigenvalue weighted by Crippen LogP contribution is 2.72. The highest BCUT2D eigenvalue weighted by Gasteiger charge is 2.67. The highest BCUT2D eigenvalue weighted by atomic mass is 15.0. The molecule has 0 aromatic rings. The zero-order chi connectivity index (χ0) is 8.40. The van der Waals surface area contributed by atoms with Crippen molar-refractivity contribution < 1.29 is 0 Å². The van der Waals surface area contributed by atoms with Crippen molar-refractivity contribution in [2.45, 2.75) is 44.6 Å². The lowest BCUT2D eigenvalue weighted by Gasteiger charge is -2.39. The fraction of sp³-hybridized carbons (Fsp3) is 1.00. The largest absolute Gasteiger partial charge is 0.314 e. The molecular weight excluding hydrogens is 146 g/mol. The minimum Gasteiger partial charge on any atom is -0.314 e. The Hall–Kier alpha value is -0.0400. The summed E-state index contributed by atoms with van der Waals surface area (Å²) in [5, 5.41) is 3.59. The summed E-state index contributed by atoms with van der Waals surface area (Å²) < 4.78 is 0. The molecule has 0 saturated heterocycles. The van der Waals surface area contributed by atoms with Crippen LogP contribution in [-0.4, -0.2) is 12.6 Å². The van der Waals surface area contributed by atoms with Gasteiger partial charge in [0, 0.05) is 5.54 Å². The lowest BCUT2D eigenvalue weighted by atomic mass is 9.73. The van der Waals surface area contributed by atoms with E-state index in [0.717, 1.165) is 17.3 Å². The Morgan fingerprint density at radius 1 is 1.17 bits per heavy atom. The predicted octanol–water partition coefficient (Wildman–Crippen LogP) is 2.17. The van der Waals surface area contributed by atoms with Gasteiger partial charge >= 0.3 is 0 Å². The van der Waals surface area contributed by atoms with Crippen LogP contribution in [0.2, 0.25) is 0 Å². The van der Waals surface area contributed by atoms with E-state index < -0.39 is 0 Å². The molecule has 4 atom stereocenters. The summed E-state index contributed by atoms with van der Waals surface area (Å²) in [6.45, 7) is 2.44. The summed E-state index contributed by atoms with van der Waals surface area (Å²) in [5.41, 5.74) is 1.40. The van der Waals surface area contributed by atoms with Gasteiger partial charge in [-0.2, -0.15) is 0 Å². The second-order valence-electron chi connectivity index (χ2n) is 5.69. The number of hydrogen-bond donors (Lipinski definition) is 1. The lowest BCUT2D eigenvalue weighted by Crippen LogP contribution is -2.46. The SMILES string of the molecule is CNC12CC(C)CC3(CC3C1)C2. The van der Waals surface area contributed by atoms with Crippen molar-refractivity contribution in [1.29, 1.82) is 0 Å². The van der Waals surface area contributed by atoms with Crippen LogP contribution in [0.5, 0.6) is 0 Å². The molecule has 12 heavy (non-hydrogen) atoms. The standard InChI is InChI=1S/C11H19N/c1-8-3-10-5-9(10)6-11(4-8,7-10)12-2/h8-9,12H,3-7H2,1-2H3. The smallest absolute Gasteiger partial charge is 0.0189 e. The first-order chi connectivity index (χ1) is 5.68. The average Bonchev–Trinajstić information content (AvgIpc) is 2.54. The minimum atomic E-state index is 0.570. The number of rotatable bonds is 1. The van der Waals surface area contributed by atoms with E-state index in [1.165, 1.54) is 25.7 Å². The van der Waals surface area contributed by atoms with Crippen LogP contribution in [0.1, 0.15) is 39.0 Å². The number of hydrogen-bond acceptors (Lipinski definition) is 1. The van der Waals surface area contributed by atoms with Gasteiger partial charge in [-0.25, -0.2) is 0 Å². The van der Waals surface area contributed by atoms with Crippen molar-refractivity contribution in [1.82, 2.24) is 5.32 Å². The molecule has 0 amide bonds. The molecule has 3 aliphatic carbocycles. The van der Waals surface area contributed by atoms with Gasteiger partial charge in [-0.15, -0.1) is 0 Å². The molecule has 0 radical (unpaired) electrons. The quantitative estimate of drug-likeness (QED) is 0.628. The van der Waals surface area contributed by atoms with Crippen LogP contribution >= 0.6 is 0 Å². The maximum Gasteiger partial charge on any atom is 0.0189 e. The first-order valence-corrected chi connectivity index (χ1v) is 5.37. The van der Waals surface area contributed by atoms with Crippen LogP contribution in [0, 0.1) is 17.3 Å². The zero-order valence-electron chi connectivity index (χ0n) is 8.19. The normalized spacial score (nSPS) is 61.5. The molecule has 2 bridgehead atoms. The van der Waals surface area contributed by atoms with Gasteiger partial charge in [0.25, 0.3) is 0 Å². The fourth-order valence-corrected chi connectivity index (χ4v) is 4.36. The Morgan fingerprint density at radius 2 is 2.00 bits per heavy atom. The summed E-state index contributed by atoms with van der Waals surface area (Å²) in [5.74, 6) is 2.08. The van der Waals surface area contributed by atoms with Crippen LogP contribution in [0.15, 0.2) is 0 Å². The molecule has 3 aliphatic rings. The van der Waals surface area contributed by atoms with E-state index in [9.17, 15) is 0 Å². The van der Waals surface area contributed by atoms with E-state index in [1.54, 1.807) is 6.42 Å². The maximum absolute atomic E-state index is 3.59. The van der Waals surface area contributed by atoms with E-state index in [4.69, 9.17) is 0 Å². The Bertz CT molecular complexity index is 221. The van der Waals surface area contributed by atoms with Gasteiger partial charge in [0.1, 0.15) is 0 Å². The molecule has 4 unspecified atom stereocenters. The molecule has 0 heterocycles. The topological polar surface area (TPSA) is 12.0 Å². The highest BCUT2D eigenvalue weighted by molar-refractivity contribution is 5.20. The minimum absolute atomic E-state index is 0.570. The molecular formula is C11H19N. The summed E-state index contributed by atoms with van der Waals surface area (Å²) >= 11 is 0. The van der Waals surface area contributed by atoms with Crippen molar-refractivity contribution >= 4 is 0 Å². The van der Waals surface area contributed by atoms with Gasteiger partial charge in [0.2, 0.25) is 0 Å². The summed E-state index contributed by atoms with van der Waals surface area (Å²) in [7, 11) is 2.16. The summed E-state index contributed by atoms with van der Waals surface area (Å²) in [6.07, 6.45) is 7.49. The van der Waals surface area contributed by atoms with E-state index in [0.29, 0.717) is 5.54 Å². The molecule has 3 saturated carbocycles. The summed E-state index contributed by atoms with van der Waals surface area (Å²) in [6, 6.07) is 0. The molecule has 3 fully saturated rings. The summed E-state index contributed by atoms with van der Waals surface area (Å²) in [4.78, 5) is 0. The molecule has 1 spiro atoms. The van der Waals surface area contributed by atoms with Crippen molar-refractivity contribution in [2.24, 2.45) is 17.3 Å². The van der Waals surface area contributed by atoms with Crippen molar-refractivity contribution in [3.63, 3.8) is 0 Å². The van der Waals surface area contributed by atoms with E-state index in [1.807, 2.05) is 0 Å². The lowest BCUT2D eigenvalue weighted by molar-refractivity contribution is 0.169. The van der Waals surface area contributed by atoms with Crippen LogP contribution in [0.3, 0.4) is 0 Å². The Morgan fingerprint density at radius 3 is 2.75 bits per heavy atom. The Balaban J connectivity index is 1.92. The van der Waals surface area contributed by atoms with Crippen molar-refractivity contribution in [3.05, 3.63) is 0 Å². The van der Waals surface area contributed by atoms with E-state index in [-0.39, 0.29) is 0 Å². The predicted molar refractivity (Wildman–Crippen MR) is 50.0 cm³/mol. The van der Waals surface area contributed by atoms with Gasteiger partial charge < -0.3 is 5.32 Å². The molecule has 3 rings (SSSR count). The average molecular weight is 165 g/mol. The monoisotopic (exact) mass is 165 g/mol. The third kappa shape index (κ3) is 0.736. The molecule has 0 aliphatic heterocycles. The molecule has 0 aromatic carbocycles. The molecule has 1 N–H and O–H groups in total. The zero-order valence-corrected chi connectivity index (χ0v) is 8.19. The Labute approximate surface area is 74.9 Å². The second kappa shape index (κ2) is 1.89.